The van der Waals surface area contributed by atoms with Crippen LogP contribution in [0.1, 0.15) is 23.6 Å². The molecule has 0 radical (unpaired) electrons. The van der Waals surface area contributed by atoms with E-state index in [1.807, 2.05) is 12.4 Å². The lowest BCUT2D eigenvalue weighted by Crippen LogP contribution is -2.17. The van der Waals surface area contributed by atoms with Crippen molar-refractivity contribution in [2.24, 2.45) is 0 Å². The maximum atomic E-state index is 4.02. The lowest BCUT2D eigenvalue weighted by Gasteiger charge is -2.09. The zero-order chi connectivity index (χ0) is 12.6. The Morgan fingerprint density at radius 1 is 1.00 bits per heavy atom. The number of pyridine rings is 1. The predicted molar refractivity (Wildman–Crippen MR) is 75.5 cm³/mol. The van der Waals surface area contributed by atoms with Crippen LogP contribution in [-0.2, 0) is 19.4 Å². The monoisotopic (exact) mass is 240 g/mol. The summed E-state index contributed by atoms with van der Waals surface area (Å²) in [4.78, 5) is 4.02. The number of hydrogen-bond acceptors (Lipinski definition) is 2. The molecule has 1 aromatic carbocycles. The number of hydrogen-bond donors (Lipinski definition) is 1. The van der Waals surface area contributed by atoms with E-state index in [1.54, 1.807) is 0 Å². The van der Waals surface area contributed by atoms with Gasteiger partial charge in [0.1, 0.15) is 0 Å². The first-order valence-electron chi connectivity index (χ1n) is 6.56. The smallest absolute Gasteiger partial charge is 0.0270 e. The van der Waals surface area contributed by atoms with Gasteiger partial charge in [0, 0.05) is 18.9 Å². The second-order valence-electron chi connectivity index (χ2n) is 4.40. The minimum absolute atomic E-state index is 0.953. The highest BCUT2D eigenvalue weighted by Gasteiger charge is 1.98. The molecule has 0 amide bonds. The van der Waals surface area contributed by atoms with Gasteiger partial charge in [0.2, 0.25) is 0 Å². The van der Waals surface area contributed by atoms with Crippen molar-refractivity contribution in [3.8, 4) is 0 Å². The Morgan fingerprint density at radius 3 is 2.44 bits per heavy atom. The van der Waals surface area contributed by atoms with E-state index in [2.05, 4.69) is 53.6 Å². The third-order valence-corrected chi connectivity index (χ3v) is 3.15. The predicted octanol–water partition coefficient (Wildman–Crippen LogP) is 2.98. The van der Waals surface area contributed by atoms with Gasteiger partial charge >= 0.3 is 0 Å². The summed E-state index contributed by atoms with van der Waals surface area (Å²) in [5.74, 6) is 0. The van der Waals surface area contributed by atoms with Crippen LogP contribution in [0.4, 0.5) is 0 Å². The molecular weight excluding hydrogens is 220 g/mol. The Kier molecular flexibility index (Phi) is 4.91. The molecule has 0 bridgehead atoms. The Bertz CT molecular complexity index is 466. The fourth-order valence-electron chi connectivity index (χ4n) is 2.08. The maximum Gasteiger partial charge on any atom is 0.0270 e. The minimum atomic E-state index is 0.953. The van der Waals surface area contributed by atoms with Crippen molar-refractivity contribution in [1.82, 2.24) is 10.3 Å². The van der Waals surface area contributed by atoms with E-state index in [0.29, 0.717) is 0 Å². The van der Waals surface area contributed by atoms with Crippen LogP contribution >= 0.6 is 0 Å². The molecule has 1 N–H and O–H groups in total. The van der Waals surface area contributed by atoms with Crippen molar-refractivity contribution < 1.29 is 0 Å². The molecule has 0 aliphatic heterocycles. The third-order valence-electron chi connectivity index (χ3n) is 3.15. The maximum absolute atomic E-state index is 4.02. The standard InChI is InChI=1S/C16H20N2/c1-2-15-5-3-4-6-16(15)13-18-12-9-14-7-10-17-11-8-14/h3-8,10-11,18H,2,9,12-13H2,1H3. The zero-order valence-electron chi connectivity index (χ0n) is 10.9. The van der Waals surface area contributed by atoms with Gasteiger partial charge in [0.05, 0.1) is 0 Å². The summed E-state index contributed by atoms with van der Waals surface area (Å²) in [6, 6.07) is 12.8. The molecule has 0 saturated carbocycles. The number of aryl methyl sites for hydroxylation is 1. The molecule has 2 aromatic rings. The molecule has 0 aliphatic rings. The first kappa shape index (κ1) is 12.8. The van der Waals surface area contributed by atoms with Crippen LogP contribution in [-0.4, -0.2) is 11.5 Å². The lowest BCUT2D eigenvalue weighted by atomic mass is 10.1. The lowest BCUT2D eigenvalue weighted by molar-refractivity contribution is 0.682. The van der Waals surface area contributed by atoms with Crippen LogP contribution in [0.25, 0.3) is 0 Å². The van der Waals surface area contributed by atoms with E-state index in [9.17, 15) is 0 Å². The first-order valence-corrected chi connectivity index (χ1v) is 6.56. The molecule has 0 saturated heterocycles. The third kappa shape index (κ3) is 3.67. The van der Waals surface area contributed by atoms with Gasteiger partial charge < -0.3 is 5.32 Å². The molecule has 1 heterocycles. The summed E-state index contributed by atoms with van der Waals surface area (Å²) >= 11 is 0. The van der Waals surface area contributed by atoms with E-state index in [0.717, 1.165) is 25.9 Å². The van der Waals surface area contributed by atoms with Crippen molar-refractivity contribution in [3.05, 3.63) is 65.5 Å². The molecule has 2 rings (SSSR count). The fourth-order valence-corrected chi connectivity index (χ4v) is 2.08. The topological polar surface area (TPSA) is 24.9 Å². The minimum Gasteiger partial charge on any atom is -0.312 e. The van der Waals surface area contributed by atoms with Crippen LogP contribution in [0.2, 0.25) is 0 Å². The molecule has 94 valence electrons. The van der Waals surface area contributed by atoms with Gasteiger partial charge in [0.25, 0.3) is 0 Å². The van der Waals surface area contributed by atoms with Gasteiger partial charge in [-0.3, -0.25) is 4.98 Å². The van der Waals surface area contributed by atoms with Gasteiger partial charge in [-0.05, 0) is 48.2 Å². The summed E-state index contributed by atoms with van der Waals surface area (Å²) < 4.78 is 0. The molecule has 1 aromatic heterocycles. The molecule has 2 heteroatoms. The highest BCUT2D eigenvalue weighted by molar-refractivity contribution is 5.26. The largest absolute Gasteiger partial charge is 0.312 e. The van der Waals surface area contributed by atoms with Gasteiger partial charge in [-0.15, -0.1) is 0 Å². The molecule has 0 atom stereocenters. The molecule has 2 nitrogen and oxygen atoms in total. The molecule has 0 fully saturated rings. The van der Waals surface area contributed by atoms with Crippen LogP contribution in [0.15, 0.2) is 48.8 Å². The molecule has 18 heavy (non-hydrogen) atoms. The Labute approximate surface area is 109 Å². The Hall–Kier alpha value is -1.67. The summed E-state index contributed by atoms with van der Waals surface area (Å²) in [7, 11) is 0. The highest BCUT2D eigenvalue weighted by Crippen LogP contribution is 2.08. The van der Waals surface area contributed by atoms with Crippen molar-refractivity contribution >= 4 is 0 Å². The van der Waals surface area contributed by atoms with Crippen LogP contribution in [0, 0.1) is 0 Å². The SMILES string of the molecule is CCc1ccccc1CNCCc1ccncc1. The second kappa shape index (κ2) is 6.92. The van der Waals surface area contributed by atoms with E-state index in [1.165, 1.54) is 16.7 Å². The number of nitrogens with zero attached hydrogens (tertiary/aromatic N) is 1. The zero-order valence-corrected chi connectivity index (χ0v) is 10.9. The van der Waals surface area contributed by atoms with Gasteiger partial charge in [-0.2, -0.15) is 0 Å². The highest BCUT2D eigenvalue weighted by atomic mass is 14.8. The van der Waals surface area contributed by atoms with Crippen molar-refractivity contribution in [2.75, 3.05) is 6.54 Å². The first-order chi connectivity index (χ1) is 8.90. The van der Waals surface area contributed by atoms with E-state index in [4.69, 9.17) is 0 Å². The molecule has 0 spiro atoms. The number of benzene rings is 1. The normalized spacial score (nSPS) is 10.5. The van der Waals surface area contributed by atoms with Crippen LogP contribution < -0.4 is 5.32 Å². The number of nitrogens with one attached hydrogen (secondary N) is 1. The van der Waals surface area contributed by atoms with Crippen LogP contribution in [0.5, 0.6) is 0 Å². The Balaban J connectivity index is 1.78. The van der Waals surface area contributed by atoms with E-state index < -0.39 is 0 Å². The summed E-state index contributed by atoms with van der Waals surface area (Å²) in [5.41, 5.74) is 4.19. The number of aromatic nitrogens is 1. The van der Waals surface area contributed by atoms with Crippen LogP contribution in [0.3, 0.4) is 0 Å². The van der Waals surface area contributed by atoms with Crippen molar-refractivity contribution in [1.29, 1.82) is 0 Å². The van der Waals surface area contributed by atoms with E-state index in [-0.39, 0.29) is 0 Å². The summed E-state index contributed by atoms with van der Waals surface area (Å²) in [6.07, 6.45) is 5.85. The van der Waals surface area contributed by atoms with Gasteiger partial charge in [-0.1, -0.05) is 31.2 Å². The quantitative estimate of drug-likeness (QED) is 0.785. The van der Waals surface area contributed by atoms with Crippen molar-refractivity contribution in [3.63, 3.8) is 0 Å². The summed E-state index contributed by atoms with van der Waals surface area (Å²) in [6.45, 7) is 4.16. The Morgan fingerprint density at radius 2 is 1.72 bits per heavy atom. The number of rotatable bonds is 6. The molecule has 0 unspecified atom stereocenters. The van der Waals surface area contributed by atoms with Gasteiger partial charge in [0.15, 0.2) is 0 Å². The molecular formula is C16H20N2. The van der Waals surface area contributed by atoms with Crippen molar-refractivity contribution in [2.45, 2.75) is 26.3 Å². The fraction of sp³-hybridized carbons (Fsp3) is 0.312. The second-order valence-corrected chi connectivity index (χ2v) is 4.40. The molecule has 0 aliphatic carbocycles. The average Bonchev–Trinajstić information content (AvgIpc) is 2.45. The van der Waals surface area contributed by atoms with E-state index >= 15 is 0 Å². The summed E-state index contributed by atoms with van der Waals surface area (Å²) in [5, 5.41) is 3.50. The van der Waals surface area contributed by atoms with Gasteiger partial charge in [-0.25, -0.2) is 0 Å². The average molecular weight is 240 g/mol.